The highest BCUT2D eigenvalue weighted by Crippen LogP contribution is 2.26. The predicted octanol–water partition coefficient (Wildman–Crippen LogP) is 0.810. The molecule has 0 aliphatic heterocycles. The predicted molar refractivity (Wildman–Crippen MR) is 41.9 cm³/mol. The monoisotopic (exact) mass is 158 g/mol. The molecule has 5 nitrogen and oxygen atoms in total. The summed E-state index contributed by atoms with van der Waals surface area (Å²) in [6.45, 7) is 1.67. The van der Waals surface area contributed by atoms with Crippen LogP contribution in [0.1, 0.15) is 5.69 Å². The van der Waals surface area contributed by atoms with Gasteiger partial charge in [-0.05, 0) is 21.5 Å². The highest BCUT2D eigenvalue weighted by Gasteiger charge is 2.09. The Hall–Kier alpha value is -0.960. The second-order valence-corrected chi connectivity index (χ2v) is 2.34. The molecule has 0 amide bonds. The van der Waals surface area contributed by atoms with Crippen LogP contribution < -0.4 is 5.73 Å². The van der Waals surface area contributed by atoms with Crippen molar-refractivity contribution in [2.24, 2.45) is 5.18 Å². The third-order valence-electron chi connectivity index (χ3n) is 1.18. The first-order valence-electron chi connectivity index (χ1n) is 2.60. The van der Waals surface area contributed by atoms with Gasteiger partial charge in [-0.15, -0.1) is 4.91 Å². The van der Waals surface area contributed by atoms with Crippen LogP contribution in [0.25, 0.3) is 0 Å². The number of hydrogen-bond donors (Lipinski definition) is 1. The minimum absolute atomic E-state index is 0.218. The van der Waals surface area contributed by atoms with E-state index in [1.165, 1.54) is 4.45 Å². The number of nitrogens with two attached hydrogens (primary N) is 1. The van der Waals surface area contributed by atoms with Crippen LogP contribution in [0, 0.1) is 11.8 Å². The summed E-state index contributed by atoms with van der Waals surface area (Å²) in [4.78, 5) is 10.1. The molecule has 2 N–H and O–H groups in total. The SMILES string of the molecule is Cc1nn(P)c(N)c1N=O. The number of nitrogens with zero attached hydrogens (tertiary/aromatic N) is 3. The Balaban J connectivity index is 3.33. The molecular weight excluding hydrogens is 151 g/mol. The molecule has 10 heavy (non-hydrogen) atoms. The van der Waals surface area contributed by atoms with Crippen LogP contribution in [0.4, 0.5) is 11.5 Å². The van der Waals surface area contributed by atoms with Crippen molar-refractivity contribution in [3.05, 3.63) is 10.6 Å². The highest BCUT2D eigenvalue weighted by molar-refractivity contribution is 7.14. The van der Waals surface area contributed by atoms with Gasteiger partial charge < -0.3 is 5.73 Å². The fourth-order valence-corrected chi connectivity index (χ4v) is 0.965. The maximum Gasteiger partial charge on any atom is 0.172 e. The van der Waals surface area contributed by atoms with E-state index in [1.807, 2.05) is 0 Å². The van der Waals surface area contributed by atoms with Gasteiger partial charge in [-0.2, -0.15) is 5.10 Å². The molecule has 0 bridgehead atoms. The fourth-order valence-electron chi connectivity index (χ4n) is 0.669. The lowest BCUT2D eigenvalue weighted by Gasteiger charge is -1.89. The third kappa shape index (κ3) is 0.885. The van der Waals surface area contributed by atoms with Gasteiger partial charge in [0, 0.05) is 0 Å². The Bertz CT molecular complexity index is 268. The van der Waals surface area contributed by atoms with E-state index in [1.54, 1.807) is 6.92 Å². The van der Waals surface area contributed by atoms with Gasteiger partial charge >= 0.3 is 0 Å². The van der Waals surface area contributed by atoms with E-state index in [2.05, 4.69) is 19.7 Å². The fraction of sp³-hybridized carbons (Fsp3) is 0.250. The quantitative estimate of drug-likeness (QED) is 0.485. The Kier molecular flexibility index (Phi) is 1.68. The van der Waals surface area contributed by atoms with Crippen molar-refractivity contribution in [3.63, 3.8) is 0 Å². The molecule has 1 aromatic rings. The van der Waals surface area contributed by atoms with Crippen molar-refractivity contribution < 1.29 is 0 Å². The molecule has 1 rings (SSSR count). The number of nitroso groups, excluding NO2 is 1. The molecule has 0 fully saturated rings. The molecule has 1 heterocycles. The molecule has 0 aliphatic carbocycles. The largest absolute Gasteiger partial charge is 0.382 e. The van der Waals surface area contributed by atoms with Crippen molar-refractivity contribution >= 4 is 20.9 Å². The van der Waals surface area contributed by atoms with Crippen LogP contribution in [0.5, 0.6) is 0 Å². The summed E-state index contributed by atoms with van der Waals surface area (Å²) in [6, 6.07) is 0. The van der Waals surface area contributed by atoms with Crippen LogP contribution in [-0.4, -0.2) is 9.55 Å². The Morgan fingerprint density at radius 2 is 2.40 bits per heavy atom. The molecule has 6 heteroatoms. The maximum absolute atomic E-state index is 10.1. The molecule has 0 saturated heterocycles. The number of hydrogen-bond acceptors (Lipinski definition) is 4. The van der Waals surface area contributed by atoms with Gasteiger partial charge in [0.25, 0.3) is 0 Å². The van der Waals surface area contributed by atoms with Crippen LogP contribution in [0.2, 0.25) is 0 Å². The molecule has 0 aromatic carbocycles. The average Bonchev–Trinajstić information content (AvgIpc) is 2.09. The third-order valence-corrected chi connectivity index (χ3v) is 1.57. The second-order valence-electron chi connectivity index (χ2n) is 1.86. The van der Waals surface area contributed by atoms with Gasteiger partial charge in [-0.1, -0.05) is 0 Å². The minimum atomic E-state index is 0.218. The molecular formula is C4H7N4OP. The average molecular weight is 158 g/mol. The van der Waals surface area contributed by atoms with Crippen molar-refractivity contribution in [3.8, 4) is 0 Å². The zero-order valence-electron chi connectivity index (χ0n) is 5.40. The number of nitrogen functional groups attached to an aromatic ring is 1. The lowest BCUT2D eigenvalue weighted by atomic mass is 10.4. The smallest absolute Gasteiger partial charge is 0.172 e. The number of aryl methyl sites for hydroxylation is 1. The van der Waals surface area contributed by atoms with E-state index in [9.17, 15) is 4.91 Å². The lowest BCUT2D eigenvalue weighted by Crippen LogP contribution is -1.90. The van der Waals surface area contributed by atoms with Gasteiger partial charge in [0.05, 0.1) is 5.69 Å². The molecule has 1 atom stereocenters. The summed E-state index contributed by atoms with van der Waals surface area (Å²) in [5.74, 6) is 0.275. The van der Waals surface area contributed by atoms with E-state index in [0.29, 0.717) is 5.69 Å². The Morgan fingerprint density at radius 3 is 2.60 bits per heavy atom. The van der Waals surface area contributed by atoms with E-state index in [4.69, 9.17) is 5.73 Å². The van der Waals surface area contributed by atoms with Crippen molar-refractivity contribution in [2.75, 3.05) is 5.73 Å². The van der Waals surface area contributed by atoms with Gasteiger partial charge in [0.2, 0.25) is 0 Å². The summed E-state index contributed by atoms with van der Waals surface area (Å²) in [5, 5.41) is 6.56. The molecule has 0 aliphatic rings. The summed E-state index contributed by atoms with van der Waals surface area (Å²) in [5.41, 5.74) is 6.16. The van der Waals surface area contributed by atoms with Gasteiger partial charge in [0.1, 0.15) is 0 Å². The number of anilines is 1. The van der Waals surface area contributed by atoms with Crippen LogP contribution in [0.15, 0.2) is 5.18 Å². The minimum Gasteiger partial charge on any atom is -0.382 e. The molecule has 0 radical (unpaired) electrons. The van der Waals surface area contributed by atoms with Crippen molar-refractivity contribution in [1.29, 1.82) is 0 Å². The standard InChI is InChI=1S/C4H7N4OP/c1-2-3(7-9)4(5)8(10)6-2/h5,10H2,1H3. The van der Waals surface area contributed by atoms with Crippen LogP contribution in [-0.2, 0) is 0 Å². The first-order chi connectivity index (χ1) is 4.66. The maximum atomic E-state index is 10.1. The van der Waals surface area contributed by atoms with Gasteiger partial charge in [0.15, 0.2) is 11.5 Å². The zero-order chi connectivity index (χ0) is 7.72. The van der Waals surface area contributed by atoms with E-state index in [-0.39, 0.29) is 11.5 Å². The Labute approximate surface area is 59.8 Å². The second kappa shape index (κ2) is 2.34. The van der Waals surface area contributed by atoms with E-state index in [0.717, 1.165) is 0 Å². The topological polar surface area (TPSA) is 73.3 Å². The summed E-state index contributed by atoms with van der Waals surface area (Å²) in [7, 11) is 2.25. The number of rotatable bonds is 1. The summed E-state index contributed by atoms with van der Waals surface area (Å²) >= 11 is 0. The van der Waals surface area contributed by atoms with Crippen molar-refractivity contribution in [2.45, 2.75) is 6.92 Å². The first kappa shape index (κ1) is 7.15. The highest BCUT2D eigenvalue weighted by atomic mass is 31.0. The van der Waals surface area contributed by atoms with Crippen molar-refractivity contribution in [1.82, 2.24) is 9.55 Å². The summed E-state index contributed by atoms with van der Waals surface area (Å²) < 4.78 is 1.34. The Morgan fingerprint density at radius 1 is 1.80 bits per heavy atom. The molecule has 0 spiro atoms. The van der Waals surface area contributed by atoms with Crippen LogP contribution >= 0.6 is 9.39 Å². The molecule has 54 valence electrons. The van der Waals surface area contributed by atoms with Crippen LogP contribution in [0.3, 0.4) is 0 Å². The van der Waals surface area contributed by atoms with Gasteiger partial charge in [-0.3, -0.25) is 0 Å². The zero-order valence-corrected chi connectivity index (χ0v) is 6.56. The normalized spacial score (nSPS) is 9.80. The number of aromatic nitrogens is 2. The summed E-state index contributed by atoms with van der Waals surface area (Å²) in [6.07, 6.45) is 0. The molecule has 0 saturated carbocycles. The molecule has 1 unspecified atom stereocenters. The lowest BCUT2D eigenvalue weighted by molar-refractivity contribution is 0.987. The van der Waals surface area contributed by atoms with Gasteiger partial charge in [-0.25, -0.2) is 4.45 Å². The molecule has 1 aromatic heterocycles. The van der Waals surface area contributed by atoms with E-state index < -0.39 is 0 Å². The van der Waals surface area contributed by atoms with E-state index >= 15 is 0 Å². The first-order valence-corrected chi connectivity index (χ1v) is 3.12.